The van der Waals surface area contributed by atoms with E-state index in [-0.39, 0.29) is 0 Å². The molecule has 0 atom stereocenters. The lowest BCUT2D eigenvalue weighted by atomic mass is 9.90. The van der Waals surface area contributed by atoms with E-state index in [9.17, 15) is 0 Å². The summed E-state index contributed by atoms with van der Waals surface area (Å²) in [7, 11) is 0. The molecule has 1 heterocycles. The molecule has 1 N–H and O–H groups in total. The first-order chi connectivity index (χ1) is 7.64. The Labute approximate surface area is 103 Å². The van der Waals surface area contributed by atoms with Gasteiger partial charge in [-0.3, -0.25) is 0 Å². The van der Waals surface area contributed by atoms with E-state index >= 15 is 0 Å². The number of nitrogens with zero attached hydrogens (tertiary/aromatic N) is 2. The summed E-state index contributed by atoms with van der Waals surface area (Å²) < 4.78 is 2.10. The number of rotatable bonds is 8. The Morgan fingerprint density at radius 3 is 2.88 bits per heavy atom. The van der Waals surface area contributed by atoms with Crippen LogP contribution < -0.4 is 5.32 Å². The summed E-state index contributed by atoms with van der Waals surface area (Å²) in [6.07, 6.45) is 7.86. The van der Waals surface area contributed by atoms with Gasteiger partial charge in [-0.05, 0) is 24.8 Å². The smallest absolute Gasteiger partial charge is 0.0945 e. The number of hydrogen-bond acceptors (Lipinski definition) is 2. The maximum atomic E-state index is 5.76. The molecule has 0 spiro atoms. The Hall–Kier alpha value is -0.540. The van der Waals surface area contributed by atoms with E-state index in [1.54, 1.807) is 0 Å². The first-order valence-corrected chi connectivity index (χ1v) is 6.40. The van der Waals surface area contributed by atoms with Crippen molar-refractivity contribution >= 4 is 11.6 Å². The van der Waals surface area contributed by atoms with Crippen LogP contribution >= 0.6 is 11.6 Å². The molecule has 0 fully saturated rings. The van der Waals surface area contributed by atoms with Crippen molar-refractivity contribution in [3.63, 3.8) is 0 Å². The Morgan fingerprint density at radius 2 is 2.25 bits per heavy atom. The van der Waals surface area contributed by atoms with E-state index < -0.39 is 0 Å². The molecule has 92 valence electrons. The van der Waals surface area contributed by atoms with Crippen molar-refractivity contribution in [2.75, 3.05) is 19.0 Å². The highest BCUT2D eigenvalue weighted by Gasteiger charge is 2.15. The molecule has 0 radical (unpaired) electrons. The van der Waals surface area contributed by atoms with E-state index in [2.05, 4.69) is 28.7 Å². The molecule has 1 rings (SSSR count). The van der Waals surface area contributed by atoms with Gasteiger partial charge in [0.15, 0.2) is 0 Å². The van der Waals surface area contributed by atoms with E-state index in [0.717, 1.165) is 38.4 Å². The fourth-order valence-electron chi connectivity index (χ4n) is 1.58. The molecule has 16 heavy (non-hydrogen) atoms. The number of halogens is 1. The van der Waals surface area contributed by atoms with Gasteiger partial charge in [-0.25, -0.2) is 4.98 Å². The summed E-state index contributed by atoms with van der Waals surface area (Å²) in [5.74, 6) is 0.740. The molecule has 0 amide bonds. The van der Waals surface area contributed by atoms with Crippen LogP contribution in [0.4, 0.5) is 0 Å². The van der Waals surface area contributed by atoms with Crippen LogP contribution in [0.15, 0.2) is 18.7 Å². The maximum absolute atomic E-state index is 5.76. The Morgan fingerprint density at radius 1 is 1.44 bits per heavy atom. The lowest BCUT2D eigenvalue weighted by Crippen LogP contribution is -2.30. The van der Waals surface area contributed by atoms with E-state index in [1.807, 2.05) is 18.7 Å². The van der Waals surface area contributed by atoms with Gasteiger partial charge in [-0.15, -0.1) is 11.6 Å². The van der Waals surface area contributed by atoms with E-state index in [0.29, 0.717) is 5.41 Å². The molecule has 0 bridgehead atoms. The summed E-state index contributed by atoms with van der Waals surface area (Å²) in [5.41, 5.74) is 0.302. The Balaban J connectivity index is 2.03. The van der Waals surface area contributed by atoms with Crippen LogP contribution in [-0.2, 0) is 6.54 Å². The predicted octanol–water partition coefficient (Wildman–Crippen LogP) is 2.52. The van der Waals surface area contributed by atoms with Crippen molar-refractivity contribution in [1.29, 1.82) is 0 Å². The zero-order valence-corrected chi connectivity index (χ0v) is 11.0. The Bertz CT molecular complexity index is 270. The minimum absolute atomic E-state index is 0.302. The maximum Gasteiger partial charge on any atom is 0.0945 e. The predicted molar refractivity (Wildman–Crippen MR) is 68.8 cm³/mol. The minimum atomic E-state index is 0.302. The van der Waals surface area contributed by atoms with Crippen LogP contribution in [0.1, 0.15) is 26.7 Å². The zero-order valence-electron chi connectivity index (χ0n) is 10.2. The third-order valence-electron chi connectivity index (χ3n) is 2.70. The lowest BCUT2D eigenvalue weighted by molar-refractivity contribution is 0.328. The standard InChI is InChI=1S/C12H22ClN3/c1-12(2,4-5-13)10-14-6-3-8-16-9-7-15-11-16/h7,9,11,14H,3-6,8,10H2,1-2H3. The van der Waals surface area contributed by atoms with Gasteiger partial charge in [0.1, 0.15) is 0 Å². The van der Waals surface area contributed by atoms with Gasteiger partial charge in [0.25, 0.3) is 0 Å². The van der Waals surface area contributed by atoms with Gasteiger partial charge >= 0.3 is 0 Å². The fraction of sp³-hybridized carbons (Fsp3) is 0.750. The third-order valence-corrected chi connectivity index (χ3v) is 2.89. The van der Waals surface area contributed by atoms with Crippen molar-refractivity contribution < 1.29 is 0 Å². The van der Waals surface area contributed by atoms with Crippen LogP contribution in [0.3, 0.4) is 0 Å². The van der Waals surface area contributed by atoms with Crippen molar-refractivity contribution in [2.24, 2.45) is 5.41 Å². The van der Waals surface area contributed by atoms with Crippen molar-refractivity contribution in [1.82, 2.24) is 14.9 Å². The highest BCUT2D eigenvalue weighted by atomic mass is 35.5. The average Bonchev–Trinajstić information content (AvgIpc) is 2.69. The minimum Gasteiger partial charge on any atom is -0.337 e. The van der Waals surface area contributed by atoms with Crippen molar-refractivity contribution in [3.05, 3.63) is 18.7 Å². The van der Waals surface area contributed by atoms with Crippen molar-refractivity contribution in [3.8, 4) is 0 Å². The van der Waals surface area contributed by atoms with Crippen molar-refractivity contribution in [2.45, 2.75) is 33.2 Å². The largest absolute Gasteiger partial charge is 0.337 e. The molecule has 3 nitrogen and oxygen atoms in total. The first kappa shape index (κ1) is 13.5. The number of nitrogens with one attached hydrogen (secondary N) is 1. The molecule has 1 aromatic rings. The first-order valence-electron chi connectivity index (χ1n) is 5.86. The number of aromatic nitrogens is 2. The summed E-state index contributed by atoms with van der Waals surface area (Å²) in [6, 6.07) is 0. The molecule has 4 heteroatoms. The summed E-state index contributed by atoms with van der Waals surface area (Å²) >= 11 is 5.76. The fourth-order valence-corrected chi connectivity index (χ4v) is 2.09. The van der Waals surface area contributed by atoms with Gasteiger partial charge in [0.2, 0.25) is 0 Å². The van der Waals surface area contributed by atoms with Crippen LogP contribution in [0.5, 0.6) is 0 Å². The number of imidazole rings is 1. The SMILES string of the molecule is CC(C)(CCCl)CNCCCn1ccnc1. The zero-order chi connectivity index (χ0) is 11.9. The number of aryl methyl sites for hydroxylation is 1. The molecule has 0 saturated heterocycles. The molecule has 0 unspecified atom stereocenters. The van der Waals surface area contributed by atoms with Crippen LogP contribution in [-0.4, -0.2) is 28.5 Å². The highest BCUT2D eigenvalue weighted by molar-refractivity contribution is 6.17. The summed E-state index contributed by atoms with van der Waals surface area (Å²) in [5, 5.41) is 3.48. The number of hydrogen-bond donors (Lipinski definition) is 1. The molecule has 0 aliphatic heterocycles. The van der Waals surface area contributed by atoms with Crippen LogP contribution in [0.2, 0.25) is 0 Å². The van der Waals surface area contributed by atoms with Crippen LogP contribution in [0, 0.1) is 5.41 Å². The molecule has 0 aliphatic rings. The van der Waals surface area contributed by atoms with Gasteiger partial charge in [-0.1, -0.05) is 13.8 Å². The third kappa shape index (κ3) is 5.52. The lowest BCUT2D eigenvalue weighted by Gasteiger charge is -2.23. The van der Waals surface area contributed by atoms with Gasteiger partial charge < -0.3 is 9.88 Å². The quantitative estimate of drug-likeness (QED) is 0.562. The van der Waals surface area contributed by atoms with E-state index in [4.69, 9.17) is 11.6 Å². The molecular formula is C12H22ClN3. The van der Waals surface area contributed by atoms with E-state index in [1.165, 1.54) is 0 Å². The second kappa shape index (κ2) is 6.92. The number of alkyl halides is 1. The Kier molecular flexibility index (Phi) is 5.85. The van der Waals surface area contributed by atoms with Gasteiger partial charge in [0.05, 0.1) is 6.33 Å². The summed E-state index contributed by atoms with van der Waals surface area (Å²) in [4.78, 5) is 4.01. The molecular weight excluding hydrogens is 222 g/mol. The molecule has 0 aliphatic carbocycles. The second-order valence-electron chi connectivity index (χ2n) is 4.93. The normalized spacial score (nSPS) is 11.9. The van der Waals surface area contributed by atoms with Gasteiger partial charge in [0, 0.05) is 31.4 Å². The average molecular weight is 244 g/mol. The molecule has 1 aromatic heterocycles. The topological polar surface area (TPSA) is 29.9 Å². The van der Waals surface area contributed by atoms with Crippen LogP contribution in [0.25, 0.3) is 0 Å². The second-order valence-corrected chi connectivity index (χ2v) is 5.31. The molecule has 0 aromatic carbocycles. The van der Waals surface area contributed by atoms with Gasteiger partial charge in [-0.2, -0.15) is 0 Å². The monoisotopic (exact) mass is 243 g/mol. The molecule has 0 saturated carbocycles. The highest BCUT2D eigenvalue weighted by Crippen LogP contribution is 2.19. The summed E-state index contributed by atoms with van der Waals surface area (Å²) in [6.45, 7) is 7.60.